The summed E-state index contributed by atoms with van der Waals surface area (Å²) in [6.07, 6.45) is 6.93. The molecule has 3 aliphatic heterocycles. The summed E-state index contributed by atoms with van der Waals surface area (Å²) >= 11 is 0. The second kappa shape index (κ2) is 12.9. The molecule has 0 spiro atoms. The van der Waals surface area contributed by atoms with Crippen LogP contribution in [-0.2, 0) is 14.9 Å². The van der Waals surface area contributed by atoms with E-state index in [0.29, 0.717) is 35.4 Å². The Morgan fingerprint density at radius 2 is 1.79 bits per heavy atom. The monoisotopic (exact) mass is 590 g/mol. The third kappa shape index (κ3) is 6.17. The predicted octanol–water partition coefficient (Wildman–Crippen LogP) is 5.61. The van der Waals surface area contributed by atoms with E-state index in [9.17, 15) is 13.6 Å². The molecule has 0 aromatic heterocycles. The Bertz CT molecular complexity index is 1330. The normalized spacial score (nSPS) is 25.0. The van der Waals surface area contributed by atoms with Crippen molar-refractivity contribution in [2.45, 2.75) is 50.4 Å². The first-order valence-corrected chi connectivity index (χ1v) is 16.1. The number of nitriles is 1. The van der Waals surface area contributed by atoms with Gasteiger partial charge in [0.1, 0.15) is 11.6 Å². The van der Waals surface area contributed by atoms with E-state index in [-0.39, 0.29) is 28.9 Å². The highest BCUT2D eigenvalue weighted by Gasteiger charge is 2.53. The van der Waals surface area contributed by atoms with Crippen LogP contribution >= 0.6 is 0 Å². The van der Waals surface area contributed by atoms with Crippen LogP contribution in [0.3, 0.4) is 0 Å². The Kier molecular flexibility index (Phi) is 9.02. The van der Waals surface area contributed by atoms with Crippen molar-refractivity contribution in [1.29, 1.82) is 5.26 Å². The van der Waals surface area contributed by atoms with Crippen LogP contribution in [0.4, 0.5) is 14.5 Å². The van der Waals surface area contributed by atoms with Crippen molar-refractivity contribution < 1.29 is 18.3 Å². The average molecular weight is 591 g/mol. The standard InChI is InChI=1S/C35H44F2N4O2/c1-43-34(42)18-27-5-2-8-31(27)35(24-40-13-4-14-40,29-6-3-7-30(36)19-29)28-11-15-39(16-12-28)21-26-22-41(23-26)33-10-9-25(20-38)17-32(33)37/h3,6-7,9-10,17,19,26-28,31H,2,4-5,8,11-16,18,21-24H2,1H3/t27-,31+,35+/m1/s1. The Morgan fingerprint density at radius 1 is 1.00 bits per heavy atom. The van der Waals surface area contributed by atoms with E-state index in [0.717, 1.165) is 90.0 Å². The maximum Gasteiger partial charge on any atom is 0.305 e. The molecule has 1 aliphatic carbocycles. The fourth-order valence-corrected chi connectivity index (χ4v) is 8.75. The molecule has 3 saturated heterocycles. The van der Waals surface area contributed by atoms with Crippen molar-refractivity contribution in [3.05, 3.63) is 65.2 Å². The SMILES string of the molecule is COC(=O)C[C@H]1CCC[C@@H]1[C@](CN1CCC1)(c1cccc(F)c1)C1CCN(CC2CN(c3ccc(C#N)cc3F)C2)CC1. The van der Waals surface area contributed by atoms with E-state index in [2.05, 4.69) is 20.8 Å². The maximum absolute atomic E-state index is 14.9. The lowest BCUT2D eigenvalue weighted by atomic mass is 9.56. The number of hydrogen-bond donors (Lipinski definition) is 0. The van der Waals surface area contributed by atoms with Gasteiger partial charge >= 0.3 is 5.97 Å². The summed E-state index contributed by atoms with van der Waals surface area (Å²) in [5.41, 5.74) is 1.83. The van der Waals surface area contributed by atoms with Gasteiger partial charge in [0.15, 0.2) is 0 Å². The number of rotatable bonds is 10. The minimum absolute atomic E-state index is 0.140. The molecular formula is C35H44F2N4O2. The molecule has 3 atom stereocenters. The van der Waals surface area contributed by atoms with Gasteiger partial charge in [-0.1, -0.05) is 18.6 Å². The lowest BCUT2D eigenvalue weighted by molar-refractivity contribution is -0.142. The molecule has 2 aromatic carbocycles. The van der Waals surface area contributed by atoms with E-state index in [1.807, 2.05) is 12.1 Å². The van der Waals surface area contributed by atoms with Gasteiger partial charge in [0.25, 0.3) is 0 Å². The average Bonchev–Trinajstić information content (AvgIpc) is 3.43. The number of anilines is 1. The molecular weight excluding hydrogens is 546 g/mol. The first-order valence-electron chi connectivity index (χ1n) is 16.1. The zero-order valence-corrected chi connectivity index (χ0v) is 25.3. The van der Waals surface area contributed by atoms with Gasteiger partial charge < -0.3 is 19.4 Å². The molecule has 2 aromatic rings. The highest BCUT2D eigenvalue weighted by Crippen LogP contribution is 2.54. The third-order valence-electron chi connectivity index (χ3n) is 11.0. The molecule has 230 valence electrons. The summed E-state index contributed by atoms with van der Waals surface area (Å²) in [4.78, 5) is 19.7. The number of nitrogens with zero attached hydrogens (tertiary/aromatic N) is 4. The number of piperidine rings is 1. The third-order valence-corrected chi connectivity index (χ3v) is 11.0. The molecule has 0 radical (unpaired) electrons. The van der Waals surface area contributed by atoms with Gasteiger partial charge in [0, 0.05) is 43.9 Å². The molecule has 6 rings (SSSR count). The Labute approximate surface area is 254 Å². The molecule has 0 unspecified atom stereocenters. The summed E-state index contributed by atoms with van der Waals surface area (Å²) in [6.45, 7) is 7.73. The van der Waals surface area contributed by atoms with Gasteiger partial charge in [-0.05, 0) is 112 Å². The molecule has 4 aliphatic rings. The first kappa shape index (κ1) is 30.0. The van der Waals surface area contributed by atoms with Crippen LogP contribution in [-0.4, -0.2) is 75.2 Å². The van der Waals surface area contributed by atoms with Crippen LogP contribution < -0.4 is 4.90 Å². The Morgan fingerprint density at radius 3 is 2.44 bits per heavy atom. The fourth-order valence-electron chi connectivity index (χ4n) is 8.75. The summed E-state index contributed by atoms with van der Waals surface area (Å²) in [7, 11) is 1.48. The van der Waals surface area contributed by atoms with Gasteiger partial charge in [0.2, 0.25) is 0 Å². The summed E-state index contributed by atoms with van der Waals surface area (Å²) in [5.74, 6) is 0.802. The molecule has 6 nitrogen and oxygen atoms in total. The van der Waals surface area contributed by atoms with Crippen molar-refractivity contribution in [3.8, 4) is 6.07 Å². The number of likely N-dealkylation sites (tertiary alicyclic amines) is 2. The van der Waals surface area contributed by atoms with Crippen LogP contribution in [0.2, 0.25) is 0 Å². The molecule has 0 N–H and O–H groups in total. The van der Waals surface area contributed by atoms with Crippen molar-refractivity contribution in [2.75, 3.05) is 64.4 Å². The highest BCUT2D eigenvalue weighted by molar-refractivity contribution is 5.69. The van der Waals surface area contributed by atoms with Crippen LogP contribution in [0.5, 0.6) is 0 Å². The van der Waals surface area contributed by atoms with Crippen molar-refractivity contribution in [3.63, 3.8) is 0 Å². The van der Waals surface area contributed by atoms with Crippen LogP contribution in [0.25, 0.3) is 0 Å². The number of ether oxygens (including phenoxy) is 1. The van der Waals surface area contributed by atoms with Crippen LogP contribution in [0.1, 0.15) is 56.1 Å². The molecule has 8 heteroatoms. The number of hydrogen-bond acceptors (Lipinski definition) is 6. The van der Waals surface area contributed by atoms with Gasteiger partial charge in [-0.15, -0.1) is 0 Å². The van der Waals surface area contributed by atoms with Crippen molar-refractivity contribution in [2.24, 2.45) is 23.7 Å². The second-order valence-electron chi connectivity index (χ2n) is 13.4. The largest absolute Gasteiger partial charge is 0.469 e. The zero-order chi connectivity index (χ0) is 30.0. The van der Waals surface area contributed by atoms with E-state index in [1.165, 1.54) is 19.6 Å². The summed E-state index contributed by atoms with van der Waals surface area (Å²) in [5, 5.41) is 9.04. The topological polar surface area (TPSA) is 59.8 Å². The molecule has 0 amide bonds. The Balaban J connectivity index is 1.17. The number of halogens is 2. The lowest BCUT2D eigenvalue weighted by Crippen LogP contribution is -2.58. The van der Waals surface area contributed by atoms with E-state index in [1.54, 1.807) is 24.3 Å². The van der Waals surface area contributed by atoms with Crippen LogP contribution in [0, 0.1) is 46.6 Å². The van der Waals surface area contributed by atoms with Gasteiger partial charge in [0.05, 0.1) is 24.4 Å². The predicted molar refractivity (Wildman–Crippen MR) is 163 cm³/mol. The number of benzene rings is 2. The van der Waals surface area contributed by atoms with Gasteiger partial charge in [-0.2, -0.15) is 5.26 Å². The smallest absolute Gasteiger partial charge is 0.305 e. The van der Waals surface area contributed by atoms with E-state index in [4.69, 9.17) is 10.00 Å². The van der Waals surface area contributed by atoms with Crippen LogP contribution in [0.15, 0.2) is 42.5 Å². The maximum atomic E-state index is 14.9. The summed E-state index contributed by atoms with van der Waals surface area (Å²) in [6, 6.07) is 14.1. The summed E-state index contributed by atoms with van der Waals surface area (Å²) < 4.78 is 34.5. The molecule has 4 fully saturated rings. The highest BCUT2D eigenvalue weighted by atomic mass is 19.1. The zero-order valence-electron chi connectivity index (χ0n) is 25.3. The first-order chi connectivity index (χ1) is 20.9. The lowest BCUT2D eigenvalue weighted by Gasteiger charge is -2.54. The minimum atomic E-state index is -0.327. The molecule has 0 bridgehead atoms. The minimum Gasteiger partial charge on any atom is -0.469 e. The van der Waals surface area contributed by atoms with Crippen molar-refractivity contribution in [1.82, 2.24) is 9.80 Å². The van der Waals surface area contributed by atoms with Gasteiger partial charge in [-0.3, -0.25) is 4.79 Å². The molecule has 3 heterocycles. The van der Waals surface area contributed by atoms with E-state index < -0.39 is 0 Å². The number of methoxy groups -OCH3 is 1. The number of carbonyl (C=O) groups is 1. The number of carbonyl (C=O) groups excluding carboxylic acids is 1. The quantitative estimate of drug-likeness (QED) is 0.336. The number of esters is 1. The molecule has 1 saturated carbocycles. The van der Waals surface area contributed by atoms with Gasteiger partial charge in [-0.25, -0.2) is 8.78 Å². The Hall–Kier alpha value is -3.02. The second-order valence-corrected chi connectivity index (χ2v) is 13.4. The van der Waals surface area contributed by atoms with Crippen molar-refractivity contribution >= 4 is 11.7 Å². The van der Waals surface area contributed by atoms with E-state index >= 15 is 0 Å². The fraction of sp³-hybridized carbons (Fsp3) is 0.600. The molecule has 43 heavy (non-hydrogen) atoms.